The van der Waals surface area contributed by atoms with E-state index in [4.69, 9.17) is 5.73 Å². The first kappa shape index (κ1) is 10.7. The molecule has 2 aromatic heterocycles. The smallest absolute Gasteiger partial charge is 0.191 e. The van der Waals surface area contributed by atoms with E-state index in [0.717, 1.165) is 5.16 Å². The van der Waals surface area contributed by atoms with Gasteiger partial charge in [-0.25, -0.2) is 0 Å². The zero-order valence-electron chi connectivity index (χ0n) is 8.33. The van der Waals surface area contributed by atoms with Gasteiger partial charge in [0.1, 0.15) is 6.33 Å². The van der Waals surface area contributed by atoms with Crippen molar-refractivity contribution >= 4 is 23.1 Å². The van der Waals surface area contributed by atoms with Gasteiger partial charge >= 0.3 is 0 Å². The topological polar surface area (TPSA) is 56.7 Å². The minimum atomic E-state index is 0.271. The predicted octanol–water partition coefficient (Wildman–Crippen LogP) is 1.67. The zero-order valence-corrected chi connectivity index (χ0v) is 9.96. The fourth-order valence-electron chi connectivity index (χ4n) is 1.20. The minimum absolute atomic E-state index is 0.271. The van der Waals surface area contributed by atoms with E-state index in [9.17, 15) is 0 Å². The van der Waals surface area contributed by atoms with Crippen molar-refractivity contribution in [2.75, 3.05) is 6.54 Å². The Balaban J connectivity index is 2.13. The summed E-state index contributed by atoms with van der Waals surface area (Å²) in [4.78, 5) is 1.28. The molecule has 80 valence electrons. The van der Waals surface area contributed by atoms with Gasteiger partial charge in [0.25, 0.3) is 0 Å². The van der Waals surface area contributed by atoms with E-state index in [1.807, 2.05) is 17.7 Å². The Bertz CT molecular complexity index is 409. The van der Waals surface area contributed by atoms with Gasteiger partial charge in [-0.05, 0) is 11.4 Å². The van der Waals surface area contributed by atoms with E-state index in [1.54, 1.807) is 29.4 Å². The molecule has 6 heteroatoms. The summed E-state index contributed by atoms with van der Waals surface area (Å²) in [6.07, 6.45) is 1.70. The lowest BCUT2D eigenvalue weighted by Crippen LogP contribution is -2.08. The maximum absolute atomic E-state index is 5.76. The molecule has 4 nitrogen and oxygen atoms in total. The number of thioether (sulfide) groups is 1. The van der Waals surface area contributed by atoms with E-state index >= 15 is 0 Å². The van der Waals surface area contributed by atoms with Gasteiger partial charge in [0, 0.05) is 18.5 Å². The van der Waals surface area contributed by atoms with Crippen molar-refractivity contribution in [3.8, 4) is 0 Å². The summed E-state index contributed by atoms with van der Waals surface area (Å²) in [6.45, 7) is 0.609. The Morgan fingerprint density at radius 2 is 2.53 bits per heavy atom. The number of aryl methyl sites for hydroxylation is 1. The molecule has 2 aromatic rings. The molecule has 2 heterocycles. The number of nitrogens with zero attached hydrogens (tertiary/aromatic N) is 3. The Labute approximate surface area is 96.5 Å². The highest BCUT2D eigenvalue weighted by Crippen LogP contribution is 2.34. The largest absolute Gasteiger partial charge is 0.329 e. The van der Waals surface area contributed by atoms with Crippen LogP contribution in [0.3, 0.4) is 0 Å². The number of rotatable bonds is 4. The quantitative estimate of drug-likeness (QED) is 0.826. The second-order valence-corrected chi connectivity index (χ2v) is 5.23. The Kier molecular flexibility index (Phi) is 3.40. The highest BCUT2D eigenvalue weighted by Gasteiger charge is 2.15. The first-order chi connectivity index (χ1) is 7.31. The molecule has 2 N–H and O–H groups in total. The predicted molar refractivity (Wildman–Crippen MR) is 63.0 cm³/mol. The number of nitrogens with two attached hydrogens (primary N) is 1. The molecule has 15 heavy (non-hydrogen) atoms. The zero-order chi connectivity index (χ0) is 10.7. The minimum Gasteiger partial charge on any atom is -0.329 e. The van der Waals surface area contributed by atoms with Crippen molar-refractivity contribution < 1.29 is 0 Å². The average Bonchev–Trinajstić information content (AvgIpc) is 2.86. The van der Waals surface area contributed by atoms with Crippen molar-refractivity contribution in [3.05, 3.63) is 28.7 Å². The molecule has 0 bridgehead atoms. The van der Waals surface area contributed by atoms with Crippen LogP contribution in [0.5, 0.6) is 0 Å². The molecular formula is C9H12N4S2. The highest BCUT2D eigenvalue weighted by atomic mass is 32.2. The molecule has 1 atom stereocenters. The van der Waals surface area contributed by atoms with E-state index in [0.29, 0.717) is 6.54 Å². The highest BCUT2D eigenvalue weighted by molar-refractivity contribution is 7.99. The summed E-state index contributed by atoms with van der Waals surface area (Å²) < 4.78 is 1.90. The van der Waals surface area contributed by atoms with E-state index in [1.165, 1.54) is 4.88 Å². The van der Waals surface area contributed by atoms with Gasteiger partial charge in [0.15, 0.2) is 5.16 Å². The molecule has 1 unspecified atom stereocenters. The molecule has 0 fully saturated rings. The van der Waals surface area contributed by atoms with Crippen LogP contribution >= 0.6 is 23.1 Å². The number of thiophene rings is 1. The van der Waals surface area contributed by atoms with Crippen LogP contribution in [0.4, 0.5) is 0 Å². The fraction of sp³-hybridized carbons (Fsp3) is 0.333. The standard InChI is InChI=1S/C9H12N4S2/c1-13-6-11-12-9(13)15-8(5-10)7-3-2-4-14-7/h2-4,6,8H,5,10H2,1H3. The van der Waals surface area contributed by atoms with Crippen molar-refractivity contribution in [2.45, 2.75) is 10.4 Å². The van der Waals surface area contributed by atoms with Gasteiger partial charge in [0.05, 0.1) is 5.25 Å². The third-order valence-electron chi connectivity index (χ3n) is 1.99. The van der Waals surface area contributed by atoms with Crippen LogP contribution in [-0.4, -0.2) is 21.3 Å². The van der Waals surface area contributed by atoms with Crippen molar-refractivity contribution in [1.82, 2.24) is 14.8 Å². The summed E-state index contributed by atoms with van der Waals surface area (Å²) >= 11 is 3.38. The first-order valence-corrected chi connectivity index (χ1v) is 6.31. The molecule has 0 aliphatic carbocycles. The van der Waals surface area contributed by atoms with E-state index in [-0.39, 0.29) is 5.25 Å². The van der Waals surface area contributed by atoms with Crippen LogP contribution in [0.2, 0.25) is 0 Å². The lowest BCUT2D eigenvalue weighted by atomic mass is 10.3. The van der Waals surface area contributed by atoms with Crippen molar-refractivity contribution in [1.29, 1.82) is 0 Å². The van der Waals surface area contributed by atoms with Crippen molar-refractivity contribution in [3.63, 3.8) is 0 Å². The number of hydrogen-bond acceptors (Lipinski definition) is 5. The molecule has 2 rings (SSSR count). The third kappa shape index (κ3) is 2.39. The Morgan fingerprint density at radius 3 is 3.07 bits per heavy atom. The third-order valence-corrected chi connectivity index (χ3v) is 4.44. The van der Waals surface area contributed by atoms with Gasteiger partial charge in [-0.3, -0.25) is 0 Å². The summed E-state index contributed by atoms with van der Waals surface area (Å²) in [5.41, 5.74) is 5.76. The average molecular weight is 240 g/mol. The van der Waals surface area contributed by atoms with Crippen molar-refractivity contribution in [2.24, 2.45) is 12.8 Å². The molecule has 0 spiro atoms. The first-order valence-electron chi connectivity index (χ1n) is 4.55. The lowest BCUT2D eigenvalue weighted by Gasteiger charge is -2.10. The Hall–Kier alpha value is -0.850. The van der Waals surface area contributed by atoms with Crippen LogP contribution in [0.25, 0.3) is 0 Å². The molecular weight excluding hydrogens is 228 g/mol. The van der Waals surface area contributed by atoms with Crippen LogP contribution in [0.1, 0.15) is 10.1 Å². The van der Waals surface area contributed by atoms with Crippen LogP contribution < -0.4 is 5.73 Å². The Morgan fingerprint density at radius 1 is 1.67 bits per heavy atom. The summed E-state index contributed by atoms with van der Waals surface area (Å²) in [5, 5.41) is 11.1. The molecule has 0 saturated heterocycles. The SMILES string of the molecule is Cn1cnnc1SC(CN)c1cccs1. The number of aromatic nitrogens is 3. The summed E-state index contributed by atoms with van der Waals surface area (Å²) in [6, 6.07) is 4.14. The lowest BCUT2D eigenvalue weighted by molar-refractivity contribution is 0.782. The van der Waals surface area contributed by atoms with E-state index < -0.39 is 0 Å². The monoisotopic (exact) mass is 240 g/mol. The van der Waals surface area contributed by atoms with Gasteiger partial charge in [-0.1, -0.05) is 17.8 Å². The van der Waals surface area contributed by atoms with E-state index in [2.05, 4.69) is 21.6 Å². The second-order valence-electron chi connectivity index (χ2n) is 3.08. The normalized spacial score (nSPS) is 12.9. The van der Waals surface area contributed by atoms with Gasteiger partial charge in [-0.15, -0.1) is 21.5 Å². The summed E-state index contributed by atoms with van der Waals surface area (Å²) in [5.74, 6) is 0. The molecule has 0 aliphatic rings. The van der Waals surface area contributed by atoms with Crippen LogP contribution in [0.15, 0.2) is 29.0 Å². The fourth-order valence-corrected chi connectivity index (χ4v) is 3.09. The second kappa shape index (κ2) is 4.78. The van der Waals surface area contributed by atoms with Crippen LogP contribution in [0, 0.1) is 0 Å². The van der Waals surface area contributed by atoms with Gasteiger partial charge in [0.2, 0.25) is 0 Å². The molecule has 0 aliphatic heterocycles. The maximum atomic E-state index is 5.76. The molecule has 0 saturated carbocycles. The van der Waals surface area contributed by atoms with Gasteiger partial charge in [-0.2, -0.15) is 0 Å². The number of hydrogen-bond donors (Lipinski definition) is 1. The maximum Gasteiger partial charge on any atom is 0.191 e. The molecule has 0 aromatic carbocycles. The van der Waals surface area contributed by atoms with Crippen LogP contribution in [-0.2, 0) is 7.05 Å². The van der Waals surface area contributed by atoms with Gasteiger partial charge < -0.3 is 10.3 Å². The summed E-state index contributed by atoms with van der Waals surface area (Å²) in [7, 11) is 1.93. The molecule has 0 radical (unpaired) electrons. The molecule has 0 amide bonds.